The van der Waals surface area contributed by atoms with Crippen molar-refractivity contribution in [2.45, 2.75) is 53.8 Å². The van der Waals surface area contributed by atoms with Gasteiger partial charge in [0.25, 0.3) is 0 Å². The van der Waals surface area contributed by atoms with Crippen LogP contribution in [0.5, 0.6) is 0 Å². The van der Waals surface area contributed by atoms with Gasteiger partial charge < -0.3 is 19.9 Å². The van der Waals surface area contributed by atoms with Gasteiger partial charge in [-0.1, -0.05) is 30.3 Å². The van der Waals surface area contributed by atoms with E-state index in [-0.39, 0.29) is 12.7 Å². The van der Waals surface area contributed by atoms with E-state index in [1.807, 2.05) is 57.3 Å². The van der Waals surface area contributed by atoms with Crippen molar-refractivity contribution in [2.24, 2.45) is 9.98 Å². The van der Waals surface area contributed by atoms with Gasteiger partial charge in [-0.25, -0.2) is 9.98 Å². The molecule has 236 valence electrons. The fourth-order valence-corrected chi connectivity index (χ4v) is 5.71. The highest BCUT2D eigenvalue weighted by molar-refractivity contribution is 6.45. The summed E-state index contributed by atoms with van der Waals surface area (Å²) >= 11 is 0. The number of fused-ring (bicyclic) bond motifs is 1. The number of likely N-dealkylation sites (tertiary alicyclic amines) is 1. The molecule has 5 rings (SSSR count). The molecule has 0 radical (unpaired) electrons. The van der Waals surface area contributed by atoms with Crippen LogP contribution in [0.15, 0.2) is 87.0 Å². The third kappa shape index (κ3) is 7.16. The quantitative estimate of drug-likeness (QED) is 0.137. The monoisotopic (exact) mass is 616 g/mol. The Morgan fingerprint density at radius 3 is 2.54 bits per heavy atom. The molecular weight excluding hydrogens is 576 g/mol. The second kappa shape index (κ2) is 14.5. The number of hydrogen-bond acceptors (Lipinski definition) is 8. The minimum atomic E-state index is -0.243. The molecule has 3 N–H and O–H groups in total. The number of hydrogen-bond donors (Lipinski definition) is 3. The highest BCUT2D eigenvalue weighted by Crippen LogP contribution is 2.36. The fraction of sp³-hybridized carbons (Fsp3) is 0.297. The smallest absolute Gasteiger partial charge is 0.227 e. The summed E-state index contributed by atoms with van der Waals surface area (Å²) in [5.41, 5.74) is 9.60. The van der Waals surface area contributed by atoms with Crippen molar-refractivity contribution >= 4 is 28.3 Å². The largest absolute Gasteiger partial charge is 0.435 e. The van der Waals surface area contributed by atoms with Gasteiger partial charge in [0.05, 0.1) is 24.0 Å². The van der Waals surface area contributed by atoms with Crippen molar-refractivity contribution in [3.05, 3.63) is 94.8 Å². The predicted octanol–water partition coefficient (Wildman–Crippen LogP) is 6.92. The number of allylic oxidation sites excluding steroid dienone is 1. The van der Waals surface area contributed by atoms with Gasteiger partial charge in [0.1, 0.15) is 11.6 Å². The van der Waals surface area contributed by atoms with E-state index in [9.17, 15) is 15.5 Å². The number of nitrogens with zero attached hydrogens (tertiary/aromatic N) is 5. The Bertz CT molecular complexity index is 1910. The molecule has 1 saturated heterocycles. The maximum absolute atomic E-state index is 9.84. The lowest BCUT2D eigenvalue weighted by molar-refractivity contribution is 0.179. The molecule has 1 aliphatic rings. The molecule has 1 aromatic heterocycles. The van der Waals surface area contributed by atoms with Crippen LogP contribution in [0, 0.1) is 25.2 Å². The Hall–Kier alpha value is -4.88. The Balaban J connectivity index is 1.45. The van der Waals surface area contributed by atoms with Gasteiger partial charge in [0.2, 0.25) is 5.89 Å². The van der Waals surface area contributed by atoms with E-state index in [0.717, 1.165) is 64.3 Å². The van der Waals surface area contributed by atoms with Crippen LogP contribution in [0.2, 0.25) is 0 Å². The van der Waals surface area contributed by atoms with Crippen molar-refractivity contribution in [1.82, 2.24) is 9.88 Å². The van der Waals surface area contributed by atoms with E-state index >= 15 is 0 Å². The fourth-order valence-electron chi connectivity index (χ4n) is 5.71. The molecule has 1 atom stereocenters. The topological polar surface area (TPSA) is 130 Å². The minimum Gasteiger partial charge on any atom is -0.435 e. The van der Waals surface area contributed by atoms with Crippen LogP contribution in [-0.2, 0) is 6.61 Å². The molecule has 1 unspecified atom stereocenters. The normalized spacial score (nSPS) is 16.5. The molecule has 0 aliphatic carbocycles. The van der Waals surface area contributed by atoms with Crippen molar-refractivity contribution in [2.75, 3.05) is 25.0 Å². The molecule has 3 aromatic carbocycles. The highest BCUT2D eigenvalue weighted by atomic mass is 16.3. The first-order chi connectivity index (χ1) is 22.2. The highest BCUT2D eigenvalue weighted by Gasteiger charge is 2.20. The number of aliphatic hydroxyl groups is 2. The lowest BCUT2D eigenvalue weighted by Crippen LogP contribution is -2.24. The van der Waals surface area contributed by atoms with Crippen LogP contribution in [0.1, 0.15) is 49.4 Å². The molecule has 0 spiro atoms. The lowest BCUT2D eigenvalue weighted by atomic mass is 9.93. The second-order valence-corrected chi connectivity index (χ2v) is 11.7. The summed E-state index contributed by atoms with van der Waals surface area (Å²) in [6.07, 6.45) is 6.07. The average molecular weight is 617 g/mol. The van der Waals surface area contributed by atoms with E-state index in [1.54, 1.807) is 18.3 Å². The molecule has 4 aromatic rings. The third-order valence-electron chi connectivity index (χ3n) is 8.19. The minimum absolute atomic E-state index is 0.182. The van der Waals surface area contributed by atoms with Gasteiger partial charge in [-0.2, -0.15) is 5.26 Å². The number of aliphatic imine (C=N–C) groups is 2. The molecule has 0 saturated carbocycles. The zero-order chi connectivity index (χ0) is 32.8. The first-order valence-corrected chi connectivity index (χ1v) is 15.4. The van der Waals surface area contributed by atoms with E-state index in [1.165, 1.54) is 0 Å². The molecule has 2 heterocycles. The molecular formula is C37H40N6O3. The summed E-state index contributed by atoms with van der Waals surface area (Å²) < 4.78 is 6.12. The van der Waals surface area contributed by atoms with Gasteiger partial charge in [0, 0.05) is 43.3 Å². The summed E-state index contributed by atoms with van der Waals surface area (Å²) in [6, 6.07) is 17.7. The number of oxazole rings is 1. The summed E-state index contributed by atoms with van der Waals surface area (Å²) in [7, 11) is 0. The van der Waals surface area contributed by atoms with Gasteiger partial charge in [0.15, 0.2) is 11.4 Å². The predicted molar refractivity (Wildman–Crippen MR) is 185 cm³/mol. The number of β-amino-alcohol motifs (C(OH)–C–C–N with tert-alkyl or cyclic N) is 1. The Labute approximate surface area is 270 Å². The number of rotatable bonds is 9. The molecule has 9 heteroatoms. The zero-order valence-corrected chi connectivity index (χ0v) is 27.0. The Kier molecular flexibility index (Phi) is 10.2. The molecule has 46 heavy (non-hydrogen) atoms. The van der Waals surface area contributed by atoms with Crippen molar-refractivity contribution in [1.29, 1.82) is 5.26 Å². The summed E-state index contributed by atoms with van der Waals surface area (Å²) in [6.45, 7) is 12.2. The molecule has 1 aliphatic heterocycles. The van der Waals surface area contributed by atoms with Crippen molar-refractivity contribution in [3.8, 4) is 28.7 Å². The van der Waals surface area contributed by atoms with Gasteiger partial charge in [-0.3, -0.25) is 9.89 Å². The number of amidine groups is 1. The Morgan fingerprint density at radius 2 is 1.85 bits per heavy atom. The van der Waals surface area contributed by atoms with E-state index < -0.39 is 0 Å². The number of nitrogens with one attached hydrogen (secondary N) is 1. The summed E-state index contributed by atoms with van der Waals surface area (Å²) in [5.74, 6) is 1.07. The van der Waals surface area contributed by atoms with E-state index in [0.29, 0.717) is 40.5 Å². The van der Waals surface area contributed by atoms with Gasteiger partial charge >= 0.3 is 0 Å². The van der Waals surface area contributed by atoms with Gasteiger partial charge in [-0.05, 0) is 98.7 Å². The van der Waals surface area contributed by atoms with Crippen molar-refractivity contribution < 1.29 is 14.6 Å². The van der Waals surface area contributed by atoms with Crippen LogP contribution in [-0.4, -0.2) is 57.4 Å². The Morgan fingerprint density at radius 1 is 1.11 bits per heavy atom. The number of nitriles is 1. The zero-order valence-electron chi connectivity index (χ0n) is 27.0. The maximum atomic E-state index is 9.84. The van der Waals surface area contributed by atoms with Crippen LogP contribution < -0.4 is 5.32 Å². The first kappa shape index (κ1) is 32.5. The van der Waals surface area contributed by atoms with Crippen molar-refractivity contribution in [3.63, 3.8) is 0 Å². The molecule has 9 nitrogen and oxygen atoms in total. The van der Waals surface area contributed by atoms with E-state index in [4.69, 9.17) is 9.41 Å². The summed E-state index contributed by atoms with van der Waals surface area (Å²) in [5, 5.41) is 32.6. The van der Waals surface area contributed by atoms with Crippen LogP contribution >= 0.6 is 0 Å². The molecule has 0 amide bonds. The number of anilines is 1. The van der Waals surface area contributed by atoms with Crippen LogP contribution in [0.3, 0.4) is 0 Å². The lowest BCUT2D eigenvalue weighted by Gasteiger charge is -2.17. The average Bonchev–Trinajstić information content (AvgIpc) is 3.67. The third-order valence-corrected chi connectivity index (χ3v) is 8.19. The SMILES string of the molecule is C/C=C\N=C(Nc1cccc(-c2cccc(-c3nc4cc(CO)cc(C#N)c4o3)c2C)c1C)C(C)=N/C=C(\C)CN1CCC(O)C1. The first-order valence-electron chi connectivity index (χ1n) is 15.4. The van der Waals surface area contributed by atoms with E-state index in [2.05, 4.69) is 52.2 Å². The summed E-state index contributed by atoms with van der Waals surface area (Å²) in [4.78, 5) is 16.3. The molecule has 1 fully saturated rings. The number of benzene rings is 3. The van der Waals surface area contributed by atoms with Crippen LogP contribution in [0.25, 0.3) is 33.7 Å². The second-order valence-electron chi connectivity index (χ2n) is 11.7. The standard InChI is InChI=1S/C37H40N6O3/c1-6-14-39-36(26(5)40-19-23(2)20-43-15-13-29(45)21-43)41-33-12-8-10-31(25(33)4)30-9-7-11-32(24(30)3)37-42-34-17-27(22-44)16-28(18-38)35(34)46-37/h6-12,14,16-17,19,29,44-45H,13,15,20-22H2,1-5H3,(H,39,41)/b14-6-,23-19+,40-26?. The maximum Gasteiger partial charge on any atom is 0.227 e. The molecule has 0 bridgehead atoms. The number of aliphatic hydroxyl groups excluding tert-OH is 2. The van der Waals surface area contributed by atoms with Gasteiger partial charge in [-0.15, -0.1) is 0 Å². The van der Waals surface area contributed by atoms with Crippen LogP contribution in [0.4, 0.5) is 5.69 Å². The number of aromatic nitrogens is 1.